The molecule has 0 saturated carbocycles. The Labute approximate surface area is 133 Å². The van der Waals surface area contributed by atoms with Crippen molar-refractivity contribution in [3.05, 3.63) is 52.5 Å². The SMILES string of the molecule is Cc1ccc(SCc2[nH]nc3c2C(C)C(C#N)=C(N)O3)cc1. The molecule has 0 spiro atoms. The predicted octanol–water partition coefficient (Wildman–Crippen LogP) is 3.20. The lowest BCUT2D eigenvalue weighted by molar-refractivity contribution is 0.376. The number of hydrogen-bond donors (Lipinski definition) is 2. The van der Waals surface area contributed by atoms with Crippen LogP contribution >= 0.6 is 11.8 Å². The minimum absolute atomic E-state index is 0.110. The Morgan fingerprint density at radius 3 is 2.82 bits per heavy atom. The fourth-order valence-corrected chi connectivity index (χ4v) is 3.32. The summed E-state index contributed by atoms with van der Waals surface area (Å²) >= 11 is 1.71. The van der Waals surface area contributed by atoms with Crippen LogP contribution < -0.4 is 10.5 Å². The van der Waals surface area contributed by atoms with Gasteiger partial charge in [0.25, 0.3) is 0 Å². The summed E-state index contributed by atoms with van der Waals surface area (Å²) in [4.78, 5) is 1.19. The van der Waals surface area contributed by atoms with E-state index in [-0.39, 0.29) is 11.8 Å². The maximum absolute atomic E-state index is 9.22. The van der Waals surface area contributed by atoms with Crippen LogP contribution in [0.25, 0.3) is 0 Å². The van der Waals surface area contributed by atoms with Crippen LogP contribution in [0.5, 0.6) is 5.88 Å². The number of hydrogen-bond acceptors (Lipinski definition) is 5. The van der Waals surface area contributed by atoms with Gasteiger partial charge >= 0.3 is 0 Å². The number of ether oxygens (including phenoxy) is 1. The number of aromatic nitrogens is 2. The van der Waals surface area contributed by atoms with Crippen LogP contribution in [0.15, 0.2) is 40.6 Å². The van der Waals surface area contributed by atoms with Gasteiger partial charge in [-0.3, -0.25) is 5.10 Å². The Balaban J connectivity index is 1.81. The Morgan fingerprint density at radius 1 is 1.41 bits per heavy atom. The lowest BCUT2D eigenvalue weighted by Crippen LogP contribution is -2.18. The molecule has 1 aromatic carbocycles. The van der Waals surface area contributed by atoms with Crippen LogP contribution in [0.4, 0.5) is 0 Å². The van der Waals surface area contributed by atoms with Gasteiger partial charge in [0.2, 0.25) is 11.8 Å². The fraction of sp³-hybridized carbons (Fsp3) is 0.250. The minimum Gasteiger partial charge on any atom is -0.420 e. The fourth-order valence-electron chi connectivity index (χ4n) is 2.46. The minimum atomic E-state index is -0.110. The molecule has 2 aromatic rings. The highest BCUT2D eigenvalue weighted by Crippen LogP contribution is 2.39. The van der Waals surface area contributed by atoms with Crippen molar-refractivity contribution >= 4 is 11.8 Å². The molecule has 1 aliphatic rings. The van der Waals surface area contributed by atoms with Gasteiger partial charge in [-0.25, -0.2) is 0 Å². The monoisotopic (exact) mass is 312 g/mol. The molecule has 5 nitrogen and oxygen atoms in total. The van der Waals surface area contributed by atoms with Gasteiger partial charge in [-0.05, 0) is 19.1 Å². The molecule has 112 valence electrons. The molecule has 22 heavy (non-hydrogen) atoms. The number of aryl methyl sites for hydroxylation is 1. The molecular weight excluding hydrogens is 296 g/mol. The summed E-state index contributed by atoms with van der Waals surface area (Å²) in [6.07, 6.45) is 0. The van der Waals surface area contributed by atoms with Gasteiger partial charge in [0, 0.05) is 22.1 Å². The second-order valence-electron chi connectivity index (χ2n) is 5.24. The van der Waals surface area contributed by atoms with Crippen molar-refractivity contribution in [1.29, 1.82) is 5.26 Å². The first kappa shape index (κ1) is 14.5. The maximum atomic E-state index is 9.22. The Hall–Kier alpha value is -2.39. The summed E-state index contributed by atoms with van der Waals surface area (Å²) in [5.41, 5.74) is 9.34. The van der Waals surface area contributed by atoms with Crippen molar-refractivity contribution in [2.45, 2.75) is 30.4 Å². The number of allylic oxidation sites excluding steroid dienone is 1. The third-order valence-electron chi connectivity index (χ3n) is 3.71. The van der Waals surface area contributed by atoms with Crippen molar-refractivity contribution in [3.8, 4) is 11.9 Å². The summed E-state index contributed by atoms with van der Waals surface area (Å²) in [5, 5.41) is 16.4. The Kier molecular flexibility index (Phi) is 3.82. The predicted molar refractivity (Wildman–Crippen MR) is 85.2 cm³/mol. The number of thioether (sulfide) groups is 1. The van der Waals surface area contributed by atoms with Crippen LogP contribution in [0.2, 0.25) is 0 Å². The number of rotatable bonds is 3. The number of benzene rings is 1. The Morgan fingerprint density at radius 2 is 2.14 bits per heavy atom. The van der Waals surface area contributed by atoms with Crippen LogP contribution in [-0.2, 0) is 5.75 Å². The van der Waals surface area contributed by atoms with Crippen molar-refractivity contribution in [1.82, 2.24) is 10.2 Å². The van der Waals surface area contributed by atoms with E-state index in [0.29, 0.717) is 11.5 Å². The summed E-state index contributed by atoms with van der Waals surface area (Å²) in [5.74, 6) is 1.24. The molecule has 2 heterocycles. The number of aromatic amines is 1. The maximum Gasteiger partial charge on any atom is 0.243 e. The summed E-state index contributed by atoms with van der Waals surface area (Å²) in [7, 11) is 0. The topological polar surface area (TPSA) is 87.7 Å². The standard InChI is InChI=1S/C16H16N4OS/c1-9-3-5-11(6-4-9)22-8-13-14-10(2)12(7-17)15(18)21-16(14)20-19-13/h3-6,10H,8,18H2,1-2H3,(H,19,20). The second-order valence-corrected chi connectivity index (χ2v) is 6.28. The highest BCUT2D eigenvalue weighted by molar-refractivity contribution is 7.98. The molecule has 3 N–H and O–H groups in total. The first-order valence-electron chi connectivity index (χ1n) is 6.94. The first-order valence-corrected chi connectivity index (χ1v) is 7.93. The molecule has 1 aromatic heterocycles. The van der Waals surface area contributed by atoms with Crippen LogP contribution in [0.3, 0.4) is 0 Å². The zero-order valence-corrected chi connectivity index (χ0v) is 13.2. The molecule has 0 bridgehead atoms. The van der Waals surface area contributed by atoms with E-state index in [4.69, 9.17) is 10.5 Å². The van der Waals surface area contributed by atoms with E-state index >= 15 is 0 Å². The molecule has 6 heteroatoms. The summed E-state index contributed by atoms with van der Waals surface area (Å²) < 4.78 is 5.44. The quantitative estimate of drug-likeness (QED) is 0.850. The van der Waals surface area contributed by atoms with E-state index in [9.17, 15) is 5.26 Å². The normalized spacial score (nSPS) is 16.9. The molecule has 0 radical (unpaired) electrons. The zero-order chi connectivity index (χ0) is 15.7. The second kappa shape index (κ2) is 5.78. The molecule has 3 rings (SSSR count). The van der Waals surface area contributed by atoms with E-state index in [1.165, 1.54) is 10.5 Å². The van der Waals surface area contributed by atoms with Gasteiger partial charge in [0.1, 0.15) is 6.07 Å². The number of nitrogens with one attached hydrogen (secondary N) is 1. The molecule has 0 aliphatic carbocycles. The van der Waals surface area contributed by atoms with E-state index in [1.807, 2.05) is 6.92 Å². The van der Waals surface area contributed by atoms with Gasteiger partial charge in [0.15, 0.2) is 0 Å². The van der Waals surface area contributed by atoms with Crippen molar-refractivity contribution < 1.29 is 4.74 Å². The average molecular weight is 312 g/mol. The number of fused-ring (bicyclic) bond motifs is 1. The molecule has 1 atom stereocenters. The van der Waals surface area contributed by atoms with Crippen molar-refractivity contribution in [2.75, 3.05) is 0 Å². The van der Waals surface area contributed by atoms with Gasteiger partial charge in [-0.2, -0.15) is 5.26 Å². The van der Waals surface area contributed by atoms with E-state index in [0.717, 1.165) is 17.0 Å². The molecular formula is C16H16N4OS. The van der Waals surface area contributed by atoms with Crippen molar-refractivity contribution in [3.63, 3.8) is 0 Å². The number of nitriles is 1. The van der Waals surface area contributed by atoms with Crippen molar-refractivity contribution in [2.24, 2.45) is 5.73 Å². The molecule has 0 fully saturated rings. The van der Waals surface area contributed by atoms with Crippen LogP contribution in [0, 0.1) is 18.3 Å². The third-order valence-corrected chi connectivity index (χ3v) is 4.75. The smallest absolute Gasteiger partial charge is 0.243 e. The van der Waals surface area contributed by atoms with Gasteiger partial charge < -0.3 is 10.5 Å². The van der Waals surface area contributed by atoms with E-state index in [1.54, 1.807) is 11.8 Å². The molecule has 0 saturated heterocycles. The van der Waals surface area contributed by atoms with E-state index in [2.05, 4.69) is 47.5 Å². The number of nitrogens with two attached hydrogens (primary N) is 1. The summed E-state index contributed by atoms with van der Waals surface area (Å²) in [6, 6.07) is 10.5. The highest BCUT2D eigenvalue weighted by atomic mass is 32.2. The highest BCUT2D eigenvalue weighted by Gasteiger charge is 2.30. The molecule has 1 aliphatic heterocycles. The lowest BCUT2D eigenvalue weighted by atomic mass is 9.92. The molecule has 1 unspecified atom stereocenters. The number of nitrogens with zero attached hydrogens (tertiary/aromatic N) is 2. The van der Waals surface area contributed by atoms with Gasteiger partial charge in [-0.1, -0.05) is 24.6 Å². The van der Waals surface area contributed by atoms with Crippen LogP contribution in [0.1, 0.15) is 29.7 Å². The number of H-pyrrole nitrogens is 1. The van der Waals surface area contributed by atoms with E-state index < -0.39 is 0 Å². The Bertz CT molecular complexity index is 770. The van der Waals surface area contributed by atoms with Crippen LogP contribution in [-0.4, -0.2) is 10.2 Å². The largest absolute Gasteiger partial charge is 0.420 e. The average Bonchev–Trinajstić information content (AvgIpc) is 2.90. The summed E-state index contributed by atoms with van der Waals surface area (Å²) in [6.45, 7) is 4.02. The van der Waals surface area contributed by atoms with Gasteiger partial charge in [0.05, 0.1) is 11.3 Å². The lowest BCUT2D eigenvalue weighted by Gasteiger charge is -2.20. The van der Waals surface area contributed by atoms with Gasteiger partial charge in [-0.15, -0.1) is 16.9 Å². The zero-order valence-electron chi connectivity index (χ0n) is 12.4. The third kappa shape index (κ3) is 2.55. The molecule has 0 amide bonds. The first-order chi connectivity index (χ1) is 10.6.